The van der Waals surface area contributed by atoms with Gasteiger partial charge in [0, 0.05) is 0 Å². The van der Waals surface area contributed by atoms with Crippen molar-refractivity contribution in [2.24, 2.45) is 0 Å². The van der Waals surface area contributed by atoms with E-state index >= 15 is 0 Å². The maximum absolute atomic E-state index is 4.93. The Morgan fingerprint density at radius 1 is 0.756 bits per heavy atom. The van der Waals surface area contributed by atoms with E-state index in [1.54, 1.807) is 0 Å². The molecule has 0 amide bonds. The van der Waals surface area contributed by atoms with Gasteiger partial charge in [0.15, 0.2) is 0 Å². The molecular formula is C37H38Cl2SiZr. The first-order valence-corrected chi connectivity index (χ1v) is 21.7. The Labute approximate surface area is 268 Å². The molecule has 1 aliphatic rings. The van der Waals surface area contributed by atoms with Crippen LogP contribution in [0, 0.1) is 13.0 Å². The quantitative estimate of drug-likeness (QED) is 0.129. The molecule has 0 spiro atoms. The van der Waals surface area contributed by atoms with Gasteiger partial charge in [0.05, 0.1) is 9.52 Å². The number of hydrogen-bond donors (Lipinski definition) is 0. The first-order valence-electron chi connectivity index (χ1n) is 14.3. The molecule has 5 aromatic carbocycles. The molecule has 2 radical (unpaired) electrons. The third-order valence-corrected chi connectivity index (χ3v) is 8.99. The van der Waals surface area contributed by atoms with Crippen molar-refractivity contribution in [1.82, 2.24) is 0 Å². The van der Waals surface area contributed by atoms with E-state index in [-0.39, 0.29) is 0 Å². The second-order valence-electron chi connectivity index (χ2n) is 11.6. The van der Waals surface area contributed by atoms with E-state index in [0.717, 1.165) is 9.52 Å². The van der Waals surface area contributed by atoms with Crippen molar-refractivity contribution in [1.29, 1.82) is 0 Å². The molecule has 208 valence electrons. The van der Waals surface area contributed by atoms with Crippen molar-refractivity contribution >= 4 is 47.7 Å². The molecule has 0 saturated heterocycles. The Hall–Kier alpha value is -1.83. The molecule has 0 bridgehead atoms. The Balaban J connectivity index is 0.000000200. The summed E-state index contributed by atoms with van der Waals surface area (Å²) >= 11 is -0.826. The third kappa shape index (κ3) is 7.58. The number of halogens is 2. The number of aryl methyl sites for hydroxylation is 1. The van der Waals surface area contributed by atoms with Gasteiger partial charge in [-0.2, -0.15) is 35.5 Å². The van der Waals surface area contributed by atoms with Crippen LogP contribution < -0.4 is 10.4 Å². The third-order valence-electron chi connectivity index (χ3n) is 7.62. The fourth-order valence-corrected chi connectivity index (χ4v) is 6.78. The van der Waals surface area contributed by atoms with Crippen LogP contribution in [0.25, 0.3) is 33.0 Å². The van der Waals surface area contributed by atoms with E-state index in [1.165, 1.54) is 65.7 Å². The van der Waals surface area contributed by atoms with Crippen molar-refractivity contribution in [2.75, 3.05) is 0 Å². The van der Waals surface area contributed by atoms with Gasteiger partial charge in [-0.25, -0.2) is 0 Å². The van der Waals surface area contributed by atoms with Crippen LogP contribution in [-0.2, 0) is 20.8 Å². The molecule has 41 heavy (non-hydrogen) atoms. The minimum absolute atomic E-state index is 0.514. The zero-order chi connectivity index (χ0) is 29.7. The SMILES string of the molecule is Cc1cc2c(-c3cc(C(C)C)cc(C(C)C)c3)c(C(C)C)ccc2[cH-]1.[Cl][Zr+2][Cl].[c-]1cccc2c1[Si]c1ccccc1-2. The molecule has 4 heteroatoms. The summed E-state index contributed by atoms with van der Waals surface area (Å²) in [6.45, 7) is 16.0. The largest absolute Gasteiger partial charge is 0.184 e. The van der Waals surface area contributed by atoms with E-state index in [4.69, 9.17) is 17.0 Å². The van der Waals surface area contributed by atoms with Crippen LogP contribution in [-0.4, -0.2) is 9.52 Å². The van der Waals surface area contributed by atoms with E-state index in [2.05, 4.69) is 133 Å². The number of benzene rings is 4. The zero-order valence-corrected chi connectivity index (χ0v) is 30.0. The van der Waals surface area contributed by atoms with Gasteiger partial charge in [0.1, 0.15) is 0 Å². The van der Waals surface area contributed by atoms with Gasteiger partial charge in [-0.3, -0.25) is 0 Å². The summed E-state index contributed by atoms with van der Waals surface area (Å²) < 4.78 is 0. The van der Waals surface area contributed by atoms with Crippen molar-refractivity contribution in [3.63, 3.8) is 0 Å². The predicted molar refractivity (Wildman–Crippen MR) is 179 cm³/mol. The van der Waals surface area contributed by atoms with Gasteiger partial charge in [0.25, 0.3) is 0 Å². The van der Waals surface area contributed by atoms with E-state index < -0.39 is 20.8 Å². The van der Waals surface area contributed by atoms with Crippen molar-refractivity contribution in [2.45, 2.75) is 66.2 Å². The number of rotatable bonds is 4. The summed E-state index contributed by atoms with van der Waals surface area (Å²) in [6, 6.07) is 34.7. The monoisotopic (exact) mass is 670 g/mol. The molecular weight excluding hydrogens is 635 g/mol. The van der Waals surface area contributed by atoms with Crippen molar-refractivity contribution in [3.05, 3.63) is 113 Å². The van der Waals surface area contributed by atoms with Crippen LogP contribution in [0.1, 0.15) is 81.5 Å². The minimum atomic E-state index is -0.826. The average molecular weight is 673 g/mol. The maximum Gasteiger partial charge on any atom is 0.0920 e. The maximum atomic E-state index is 4.93. The predicted octanol–water partition coefficient (Wildman–Crippen LogP) is 10.4. The topological polar surface area (TPSA) is 0 Å². The molecule has 1 heterocycles. The van der Waals surface area contributed by atoms with Crippen LogP contribution in [0.3, 0.4) is 0 Å². The van der Waals surface area contributed by atoms with E-state index in [0.29, 0.717) is 17.8 Å². The van der Waals surface area contributed by atoms with Gasteiger partial charge in [-0.1, -0.05) is 113 Å². The summed E-state index contributed by atoms with van der Waals surface area (Å²) in [4.78, 5) is 0. The van der Waals surface area contributed by atoms with Gasteiger partial charge in [-0.05, 0) is 34.4 Å². The Morgan fingerprint density at radius 3 is 2.02 bits per heavy atom. The summed E-state index contributed by atoms with van der Waals surface area (Å²) in [5.41, 5.74) is 11.3. The van der Waals surface area contributed by atoms with Gasteiger partial charge >= 0.3 is 37.9 Å². The summed E-state index contributed by atoms with van der Waals surface area (Å²) in [7, 11) is 10.7. The molecule has 6 rings (SSSR count). The molecule has 0 N–H and O–H groups in total. The summed E-state index contributed by atoms with van der Waals surface area (Å²) in [5, 5.41) is 5.58. The second kappa shape index (κ2) is 14.6. The molecule has 5 aromatic rings. The number of hydrogen-bond acceptors (Lipinski definition) is 0. The fourth-order valence-electron chi connectivity index (χ4n) is 5.47. The Morgan fingerprint density at radius 2 is 1.39 bits per heavy atom. The molecule has 0 nitrogen and oxygen atoms in total. The average Bonchev–Trinajstić information content (AvgIpc) is 3.52. The second-order valence-corrected chi connectivity index (χ2v) is 16.6. The van der Waals surface area contributed by atoms with Crippen LogP contribution in [0.2, 0.25) is 0 Å². The zero-order valence-electron chi connectivity index (χ0n) is 25.1. The normalized spacial score (nSPS) is 11.5. The van der Waals surface area contributed by atoms with Crippen LogP contribution >= 0.6 is 17.0 Å². The minimum Gasteiger partial charge on any atom is -0.184 e. The molecule has 0 atom stereocenters. The number of fused-ring (bicyclic) bond motifs is 4. The summed E-state index contributed by atoms with van der Waals surface area (Å²) in [6.07, 6.45) is 0. The molecule has 0 unspecified atom stereocenters. The van der Waals surface area contributed by atoms with Gasteiger partial charge in [-0.15, -0.1) is 40.1 Å². The van der Waals surface area contributed by atoms with Crippen molar-refractivity contribution in [3.8, 4) is 22.3 Å². The van der Waals surface area contributed by atoms with Crippen LogP contribution in [0.4, 0.5) is 0 Å². The summed E-state index contributed by atoms with van der Waals surface area (Å²) in [5.74, 6) is 1.60. The molecule has 0 fully saturated rings. The molecule has 1 aliphatic heterocycles. The Kier molecular flexibility index (Phi) is 11.4. The fraction of sp³-hybridized carbons (Fsp3) is 0.270. The van der Waals surface area contributed by atoms with Gasteiger partial charge < -0.3 is 0 Å². The van der Waals surface area contributed by atoms with Gasteiger partial charge in [0.2, 0.25) is 0 Å². The first kappa shape index (κ1) is 32.1. The van der Waals surface area contributed by atoms with E-state index in [9.17, 15) is 0 Å². The first-order chi connectivity index (χ1) is 19.6. The molecule has 0 aliphatic carbocycles. The standard InChI is InChI=1S/C25H31.C12H7Si.2ClH.Zr/c1-15(2)20-12-21(16(3)4)14-22(13-20)25-23(17(5)6)9-8-19-10-18(7)11-24(19)25;1-3-7-11-9(5-1)10-6-2-4-8-12(10)13-11;;;/h8-17H,1-7H3;1-7H;2*1H;/q2*-1;;;+4/p-2. The molecule has 0 aromatic heterocycles. The van der Waals surface area contributed by atoms with E-state index in [1.807, 2.05) is 6.07 Å². The Bertz CT molecular complexity index is 1540. The van der Waals surface area contributed by atoms with Crippen LogP contribution in [0.15, 0.2) is 84.9 Å². The van der Waals surface area contributed by atoms with Crippen LogP contribution in [0.5, 0.6) is 0 Å². The molecule has 0 saturated carbocycles. The smallest absolute Gasteiger partial charge is 0.0920 e. The van der Waals surface area contributed by atoms with Crippen molar-refractivity contribution < 1.29 is 20.8 Å².